The first-order chi connectivity index (χ1) is 7.94. The summed E-state index contributed by atoms with van der Waals surface area (Å²) in [5.74, 6) is 0.884. The van der Waals surface area contributed by atoms with Crippen LogP contribution in [0.3, 0.4) is 0 Å². The van der Waals surface area contributed by atoms with Gasteiger partial charge in [0.25, 0.3) is 5.95 Å². The van der Waals surface area contributed by atoms with Crippen LogP contribution in [0.15, 0.2) is 12.7 Å². The first kappa shape index (κ1) is 11.2. The Morgan fingerprint density at radius 3 is 2.59 bits per heavy atom. The third-order valence-electron chi connectivity index (χ3n) is 1.75. The van der Waals surface area contributed by atoms with Gasteiger partial charge in [-0.2, -0.15) is 24.7 Å². The van der Waals surface area contributed by atoms with E-state index in [4.69, 9.17) is 5.73 Å². The van der Waals surface area contributed by atoms with Crippen molar-refractivity contribution >= 4 is 11.9 Å². The summed E-state index contributed by atoms with van der Waals surface area (Å²) in [6, 6.07) is 0. The Bertz CT molecular complexity index is 498. The van der Waals surface area contributed by atoms with Crippen molar-refractivity contribution in [2.75, 3.05) is 11.1 Å². The number of hydrogen-bond donors (Lipinski definition) is 2. The van der Waals surface area contributed by atoms with Gasteiger partial charge >= 0.3 is 0 Å². The van der Waals surface area contributed by atoms with Gasteiger partial charge in [0.1, 0.15) is 12.7 Å². The molecule has 0 atom stereocenters. The lowest BCUT2D eigenvalue weighted by atomic mass is 10.1. The van der Waals surface area contributed by atoms with Gasteiger partial charge in [0, 0.05) is 5.54 Å². The zero-order valence-electron chi connectivity index (χ0n) is 9.92. The zero-order valence-corrected chi connectivity index (χ0v) is 9.92. The standard InChI is InChI=1S/C9H14N8/c1-9(2,3)16-7-13-6(10)14-8(15-7)17-5-11-4-12-17/h4-5H,1-3H3,(H3,10,13,14,15,16). The van der Waals surface area contributed by atoms with Crippen molar-refractivity contribution in [1.29, 1.82) is 0 Å². The van der Waals surface area contributed by atoms with Crippen LogP contribution < -0.4 is 11.1 Å². The molecule has 0 aromatic carbocycles. The summed E-state index contributed by atoms with van der Waals surface area (Å²) in [5.41, 5.74) is 5.46. The van der Waals surface area contributed by atoms with Crippen LogP contribution in [0, 0.1) is 0 Å². The number of hydrogen-bond acceptors (Lipinski definition) is 7. The molecule has 2 aromatic rings. The quantitative estimate of drug-likeness (QED) is 0.766. The molecule has 2 aromatic heterocycles. The van der Waals surface area contributed by atoms with Crippen molar-refractivity contribution in [3.63, 3.8) is 0 Å². The highest BCUT2D eigenvalue weighted by Crippen LogP contribution is 2.11. The Morgan fingerprint density at radius 1 is 1.24 bits per heavy atom. The Hall–Kier alpha value is -2.25. The van der Waals surface area contributed by atoms with E-state index in [9.17, 15) is 0 Å². The minimum atomic E-state index is -0.159. The van der Waals surface area contributed by atoms with Crippen molar-refractivity contribution in [2.24, 2.45) is 0 Å². The Kier molecular flexibility index (Phi) is 2.62. The molecule has 0 amide bonds. The second kappa shape index (κ2) is 3.96. The lowest BCUT2D eigenvalue weighted by molar-refractivity contribution is 0.623. The topological polar surface area (TPSA) is 107 Å². The number of nitrogens with two attached hydrogens (primary N) is 1. The molecule has 0 saturated heterocycles. The van der Waals surface area contributed by atoms with Gasteiger partial charge < -0.3 is 11.1 Å². The maximum atomic E-state index is 5.62. The van der Waals surface area contributed by atoms with Crippen LogP contribution in [0.5, 0.6) is 0 Å². The highest BCUT2D eigenvalue weighted by Gasteiger charge is 2.13. The van der Waals surface area contributed by atoms with Crippen LogP contribution in [-0.4, -0.2) is 35.3 Å². The number of rotatable bonds is 2. The number of anilines is 2. The molecule has 0 aliphatic rings. The Balaban J connectivity index is 2.36. The van der Waals surface area contributed by atoms with Gasteiger partial charge in [-0.15, -0.1) is 0 Å². The van der Waals surface area contributed by atoms with Crippen LogP contribution in [0.1, 0.15) is 20.8 Å². The van der Waals surface area contributed by atoms with Crippen molar-refractivity contribution in [3.05, 3.63) is 12.7 Å². The van der Waals surface area contributed by atoms with E-state index >= 15 is 0 Å². The molecule has 0 saturated carbocycles. The van der Waals surface area contributed by atoms with Crippen molar-refractivity contribution in [1.82, 2.24) is 29.7 Å². The monoisotopic (exact) mass is 234 g/mol. The molecule has 0 bridgehead atoms. The molecule has 0 radical (unpaired) electrons. The lowest BCUT2D eigenvalue weighted by Gasteiger charge is -2.20. The molecule has 8 heteroatoms. The molecule has 0 spiro atoms. The molecule has 90 valence electrons. The summed E-state index contributed by atoms with van der Waals surface area (Å²) >= 11 is 0. The molecule has 0 aliphatic heterocycles. The fourth-order valence-corrected chi connectivity index (χ4v) is 1.19. The Morgan fingerprint density at radius 2 is 2.00 bits per heavy atom. The highest BCUT2D eigenvalue weighted by atomic mass is 15.4. The smallest absolute Gasteiger partial charge is 0.258 e. The molecule has 0 aliphatic carbocycles. The van der Waals surface area contributed by atoms with Crippen LogP contribution in [0.4, 0.5) is 11.9 Å². The summed E-state index contributed by atoms with van der Waals surface area (Å²) in [5, 5.41) is 7.06. The molecule has 2 rings (SSSR count). The lowest BCUT2D eigenvalue weighted by Crippen LogP contribution is -2.28. The summed E-state index contributed by atoms with van der Waals surface area (Å²) < 4.78 is 1.42. The van der Waals surface area contributed by atoms with Crippen molar-refractivity contribution in [3.8, 4) is 5.95 Å². The maximum Gasteiger partial charge on any atom is 0.258 e. The van der Waals surface area contributed by atoms with Crippen molar-refractivity contribution < 1.29 is 0 Å². The van der Waals surface area contributed by atoms with E-state index < -0.39 is 0 Å². The molecule has 8 nitrogen and oxygen atoms in total. The molecule has 3 N–H and O–H groups in total. The zero-order chi connectivity index (χ0) is 12.5. The molecule has 0 fully saturated rings. The summed E-state index contributed by atoms with van der Waals surface area (Å²) in [6.07, 6.45) is 2.90. The predicted octanol–water partition coefficient (Wildman–Crippen LogP) is 0.245. The van der Waals surface area contributed by atoms with E-state index in [1.165, 1.54) is 17.3 Å². The van der Waals surface area contributed by atoms with E-state index in [1.54, 1.807) is 0 Å². The highest BCUT2D eigenvalue weighted by molar-refractivity contribution is 5.36. The van der Waals surface area contributed by atoms with E-state index in [2.05, 4.69) is 30.4 Å². The first-order valence-corrected chi connectivity index (χ1v) is 5.09. The fourth-order valence-electron chi connectivity index (χ4n) is 1.19. The second-order valence-electron chi connectivity index (χ2n) is 4.53. The van der Waals surface area contributed by atoms with E-state index in [0.29, 0.717) is 11.9 Å². The largest absolute Gasteiger partial charge is 0.368 e. The van der Waals surface area contributed by atoms with Gasteiger partial charge in [0.05, 0.1) is 0 Å². The third-order valence-corrected chi connectivity index (χ3v) is 1.75. The molecule has 0 unspecified atom stereocenters. The van der Waals surface area contributed by atoms with Gasteiger partial charge in [-0.05, 0) is 20.8 Å². The molecule has 17 heavy (non-hydrogen) atoms. The number of nitrogen functional groups attached to an aromatic ring is 1. The average molecular weight is 234 g/mol. The third kappa shape index (κ3) is 2.86. The maximum absolute atomic E-state index is 5.62. The SMILES string of the molecule is CC(C)(C)Nc1nc(N)nc(-n2cncn2)n1. The Labute approximate surface area is 98.3 Å². The molecular formula is C9H14N8. The van der Waals surface area contributed by atoms with Gasteiger partial charge in [-0.25, -0.2) is 4.98 Å². The first-order valence-electron chi connectivity index (χ1n) is 5.09. The number of nitrogens with one attached hydrogen (secondary N) is 1. The summed E-state index contributed by atoms with van der Waals surface area (Å²) in [4.78, 5) is 16.0. The number of nitrogens with zero attached hydrogens (tertiary/aromatic N) is 6. The summed E-state index contributed by atoms with van der Waals surface area (Å²) in [7, 11) is 0. The van der Waals surface area contributed by atoms with Crippen LogP contribution >= 0.6 is 0 Å². The number of aromatic nitrogens is 6. The van der Waals surface area contributed by atoms with Gasteiger partial charge in [0.2, 0.25) is 11.9 Å². The average Bonchev–Trinajstić information content (AvgIpc) is 2.65. The minimum Gasteiger partial charge on any atom is -0.368 e. The van der Waals surface area contributed by atoms with E-state index in [1.807, 2.05) is 20.8 Å². The second-order valence-corrected chi connectivity index (χ2v) is 4.53. The normalized spacial score (nSPS) is 11.5. The van der Waals surface area contributed by atoms with Crippen molar-refractivity contribution in [2.45, 2.75) is 26.3 Å². The summed E-state index contributed by atoms with van der Waals surface area (Å²) in [6.45, 7) is 6.01. The van der Waals surface area contributed by atoms with E-state index in [-0.39, 0.29) is 11.5 Å². The van der Waals surface area contributed by atoms with Crippen LogP contribution in [0.25, 0.3) is 5.95 Å². The minimum absolute atomic E-state index is 0.136. The predicted molar refractivity (Wildman–Crippen MR) is 62.5 cm³/mol. The van der Waals surface area contributed by atoms with Crippen LogP contribution in [-0.2, 0) is 0 Å². The van der Waals surface area contributed by atoms with Gasteiger partial charge in [0.15, 0.2) is 0 Å². The van der Waals surface area contributed by atoms with E-state index in [0.717, 1.165) is 0 Å². The van der Waals surface area contributed by atoms with Gasteiger partial charge in [-0.3, -0.25) is 0 Å². The van der Waals surface area contributed by atoms with Crippen LogP contribution in [0.2, 0.25) is 0 Å². The fraction of sp³-hybridized carbons (Fsp3) is 0.444. The molecule has 2 heterocycles. The molecular weight excluding hydrogens is 220 g/mol. The van der Waals surface area contributed by atoms with Gasteiger partial charge in [-0.1, -0.05) is 0 Å².